The molecule has 0 fully saturated rings. The maximum Gasteiger partial charge on any atom is 0.276 e. The highest BCUT2D eigenvalue weighted by molar-refractivity contribution is 7.15. The Labute approximate surface area is 143 Å². The predicted molar refractivity (Wildman–Crippen MR) is 92.6 cm³/mol. The summed E-state index contributed by atoms with van der Waals surface area (Å²) in [5.74, 6) is -0.297. The second kappa shape index (κ2) is 6.62. The van der Waals surface area contributed by atoms with Gasteiger partial charge in [0.2, 0.25) is 5.13 Å². The van der Waals surface area contributed by atoms with Crippen molar-refractivity contribution in [3.8, 4) is 0 Å². The highest BCUT2D eigenvalue weighted by Gasteiger charge is 2.14. The smallest absolute Gasteiger partial charge is 0.276 e. The van der Waals surface area contributed by atoms with E-state index in [1.54, 1.807) is 10.6 Å². The van der Waals surface area contributed by atoms with E-state index in [1.165, 1.54) is 11.3 Å². The fraction of sp³-hybridized carbons (Fsp3) is 0.400. The third-order valence-electron chi connectivity index (χ3n) is 3.42. The molecule has 3 heterocycles. The molecule has 1 N–H and O–H groups in total. The maximum absolute atomic E-state index is 12.4. The van der Waals surface area contributed by atoms with Crippen LogP contribution in [-0.2, 0) is 6.42 Å². The van der Waals surface area contributed by atoms with Crippen molar-refractivity contribution in [2.75, 3.05) is 26.0 Å². The molecule has 0 aliphatic heterocycles. The largest absolute Gasteiger partial charge is 0.309 e. The summed E-state index contributed by atoms with van der Waals surface area (Å²) in [7, 11) is 4.01. The Bertz CT molecular complexity index is 883. The fourth-order valence-corrected chi connectivity index (χ4v) is 2.97. The molecule has 3 rings (SSSR count). The first-order chi connectivity index (χ1) is 11.4. The van der Waals surface area contributed by atoms with Crippen molar-refractivity contribution >= 4 is 28.0 Å². The molecular weight excluding hydrogens is 326 g/mol. The van der Waals surface area contributed by atoms with Crippen LogP contribution in [0.15, 0.2) is 12.1 Å². The number of nitrogens with zero attached hydrogens (tertiary/aromatic N) is 6. The molecule has 9 heteroatoms. The van der Waals surface area contributed by atoms with Crippen molar-refractivity contribution in [1.82, 2.24) is 29.7 Å². The van der Waals surface area contributed by atoms with Gasteiger partial charge < -0.3 is 4.90 Å². The van der Waals surface area contributed by atoms with Gasteiger partial charge in [-0.1, -0.05) is 11.3 Å². The zero-order chi connectivity index (χ0) is 17.3. The van der Waals surface area contributed by atoms with Crippen LogP contribution in [0.2, 0.25) is 0 Å². The van der Waals surface area contributed by atoms with E-state index in [0.29, 0.717) is 16.5 Å². The van der Waals surface area contributed by atoms with Crippen LogP contribution in [0, 0.1) is 13.8 Å². The van der Waals surface area contributed by atoms with Gasteiger partial charge in [0.25, 0.3) is 5.91 Å². The lowest BCUT2D eigenvalue weighted by Crippen LogP contribution is -2.15. The predicted octanol–water partition coefficient (Wildman–Crippen LogP) is 1.55. The summed E-state index contributed by atoms with van der Waals surface area (Å²) in [5, 5.41) is 16.6. The topological polar surface area (TPSA) is 88.3 Å². The van der Waals surface area contributed by atoms with Crippen LogP contribution in [-0.4, -0.2) is 56.2 Å². The molecule has 0 aromatic carbocycles. The quantitative estimate of drug-likeness (QED) is 0.755. The van der Waals surface area contributed by atoms with E-state index in [-0.39, 0.29) is 5.91 Å². The number of rotatable bonds is 5. The summed E-state index contributed by atoms with van der Waals surface area (Å²) >= 11 is 1.38. The van der Waals surface area contributed by atoms with Gasteiger partial charge in [0.15, 0.2) is 5.65 Å². The Kier molecular flexibility index (Phi) is 4.54. The van der Waals surface area contributed by atoms with Gasteiger partial charge in [-0.3, -0.25) is 10.1 Å². The Morgan fingerprint density at radius 2 is 2.08 bits per heavy atom. The molecule has 3 aromatic heterocycles. The molecule has 126 valence electrons. The van der Waals surface area contributed by atoms with Crippen LogP contribution in [0.25, 0.3) is 5.65 Å². The molecule has 1 amide bonds. The zero-order valence-electron chi connectivity index (χ0n) is 14.1. The van der Waals surface area contributed by atoms with E-state index in [0.717, 1.165) is 29.4 Å². The summed E-state index contributed by atoms with van der Waals surface area (Å²) in [6.07, 6.45) is 0.805. The van der Waals surface area contributed by atoms with Gasteiger partial charge in [0, 0.05) is 24.7 Å². The molecule has 0 aliphatic carbocycles. The van der Waals surface area contributed by atoms with Crippen molar-refractivity contribution in [2.24, 2.45) is 0 Å². The number of nitrogens with one attached hydrogen (secondary N) is 1. The number of anilines is 1. The molecule has 0 saturated carbocycles. The second-order valence-corrected chi connectivity index (χ2v) is 6.91. The van der Waals surface area contributed by atoms with Crippen molar-refractivity contribution in [1.29, 1.82) is 0 Å². The normalized spacial score (nSPS) is 11.4. The summed E-state index contributed by atoms with van der Waals surface area (Å²) in [6.45, 7) is 4.67. The summed E-state index contributed by atoms with van der Waals surface area (Å²) in [4.78, 5) is 18.9. The van der Waals surface area contributed by atoms with Gasteiger partial charge in [-0.05, 0) is 34.0 Å². The van der Waals surface area contributed by atoms with Gasteiger partial charge >= 0.3 is 0 Å². The number of hydrogen-bond acceptors (Lipinski definition) is 7. The van der Waals surface area contributed by atoms with Crippen molar-refractivity contribution < 1.29 is 4.79 Å². The molecule has 0 bridgehead atoms. The average Bonchev–Trinajstić information content (AvgIpc) is 3.11. The molecule has 0 aliphatic rings. The number of amides is 1. The minimum absolute atomic E-state index is 0.297. The van der Waals surface area contributed by atoms with Crippen LogP contribution in [0.3, 0.4) is 0 Å². The van der Waals surface area contributed by atoms with Gasteiger partial charge in [-0.25, -0.2) is 9.50 Å². The van der Waals surface area contributed by atoms with E-state index in [1.807, 2.05) is 34.0 Å². The Morgan fingerprint density at radius 1 is 1.29 bits per heavy atom. The van der Waals surface area contributed by atoms with Crippen LogP contribution in [0.4, 0.5) is 5.13 Å². The van der Waals surface area contributed by atoms with Gasteiger partial charge in [0.05, 0.1) is 5.69 Å². The Balaban J connectivity index is 1.75. The Morgan fingerprint density at radius 3 is 2.83 bits per heavy atom. The number of hydrogen-bond donors (Lipinski definition) is 1. The SMILES string of the molecule is Cc1cc2nc(C(=O)Nc3nnc(CCN(C)C)s3)cc(C)n2n1. The lowest BCUT2D eigenvalue weighted by Gasteiger charge is -2.06. The number of likely N-dealkylation sites (N-methyl/N-ethyl adjacent to an activating group) is 1. The second-order valence-electron chi connectivity index (χ2n) is 5.85. The van der Waals surface area contributed by atoms with E-state index in [4.69, 9.17) is 0 Å². The van der Waals surface area contributed by atoms with E-state index in [9.17, 15) is 4.79 Å². The molecule has 8 nitrogen and oxygen atoms in total. The van der Waals surface area contributed by atoms with Crippen molar-refractivity contribution in [2.45, 2.75) is 20.3 Å². The van der Waals surface area contributed by atoms with Gasteiger partial charge in [0.1, 0.15) is 10.7 Å². The minimum Gasteiger partial charge on any atom is -0.309 e. The third kappa shape index (κ3) is 3.57. The Hall–Kier alpha value is -2.39. The highest BCUT2D eigenvalue weighted by atomic mass is 32.1. The molecule has 0 spiro atoms. The summed E-state index contributed by atoms with van der Waals surface area (Å²) in [6, 6.07) is 3.55. The van der Waals surface area contributed by atoms with Crippen LogP contribution in [0.1, 0.15) is 26.9 Å². The lowest BCUT2D eigenvalue weighted by molar-refractivity contribution is 0.102. The molecular formula is C15H19N7OS. The van der Waals surface area contributed by atoms with Crippen LogP contribution >= 0.6 is 11.3 Å². The molecule has 24 heavy (non-hydrogen) atoms. The maximum atomic E-state index is 12.4. The van der Waals surface area contributed by atoms with E-state index >= 15 is 0 Å². The number of aryl methyl sites for hydroxylation is 2. The summed E-state index contributed by atoms with van der Waals surface area (Å²) < 4.78 is 1.72. The average molecular weight is 345 g/mol. The highest BCUT2D eigenvalue weighted by Crippen LogP contribution is 2.17. The van der Waals surface area contributed by atoms with Crippen LogP contribution < -0.4 is 5.32 Å². The monoisotopic (exact) mass is 345 g/mol. The molecule has 3 aromatic rings. The number of carbonyl (C=O) groups excluding carboxylic acids is 1. The standard InChI is InChI=1S/C15H19N7OS/c1-9-7-12-16-11(8-10(2)22(12)20-9)14(23)17-15-19-18-13(24-15)5-6-21(3)4/h7-8H,5-6H2,1-4H3,(H,17,19,23). The fourth-order valence-electron chi connectivity index (χ4n) is 2.24. The molecule has 0 unspecified atom stereocenters. The number of carbonyl (C=O) groups is 1. The van der Waals surface area contributed by atoms with Gasteiger partial charge in [-0.2, -0.15) is 5.10 Å². The van der Waals surface area contributed by atoms with Crippen LogP contribution in [0.5, 0.6) is 0 Å². The van der Waals surface area contributed by atoms with E-state index < -0.39 is 0 Å². The van der Waals surface area contributed by atoms with Crippen molar-refractivity contribution in [3.63, 3.8) is 0 Å². The van der Waals surface area contributed by atoms with Gasteiger partial charge in [-0.15, -0.1) is 10.2 Å². The molecule has 0 saturated heterocycles. The first-order valence-corrected chi connectivity index (χ1v) is 8.36. The minimum atomic E-state index is -0.297. The first-order valence-electron chi connectivity index (χ1n) is 7.55. The molecule has 0 radical (unpaired) electrons. The number of aromatic nitrogens is 5. The zero-order valence-corrected chi connectivity index (χ0v) is 14.9. The third-order valence-corrected chi connectivity index (χ3v) is 4.32. The van der Waals surface area contributed by atoms with Crippen molar-refractivity contribution in [3.05, 3.63) is 34.2 Å². The number of fused-ring (bicyclic) bond motifs is 1. The van der Waals surface area contributed by atoms with E-state index in [2.05, 4.69) is 30.5 Å². The molecule has 0 atom stereocenters. The lowest BCUT2D eigenvalue weighted by atomic mass is 10.3. The summed E-state index contributed by atoms with van der Waals surface area (Å²) in [5.41, 5.74) is 2.70. The first kappa shape index (κ1) is 16.5.